The van der Waals surface area contributed by atoms with Crippen molar-refractivity contribution in [1.82, 2.24) is 9.13 Å². The Morgan fingerprint density at radius 1 is 1.43 bits per heavy atom. The molecule has 78 valence electrons. The van der Waals surface area contributed by atoms with E-state index in [9.17, 15) is 9.59 Å². The predicted molar refractivity (Wildman–Crippen MR) is 52.6 cm³/mol. The highest BCUT2D eigenvalue weighted by Crippen LogP contribution is 1.85. The van der Waals surface area contributed by atoms with Crippen LogP contribution in [-0.4, -0.2) is 22.9 Å². The number of aromatic nitrogens is 2. The third kappa shape index (κ3) is 1.93. The van der Waals surface area contributed by atoms with Crippen LogP contribution in [0.1, 0.15) is 5.69 Å². The standard InChI is InChI=1S/C9H14N2O3/c1-7-6-8(12)11(4-5-14-3)9(13)10(7)2/h6H,4-5H2,1-3H3. The molecule has 5 heteroatoms. The van der Waals surface area contributed by atoms with Gasteiger partial charge in [0.15, 0.2) is 0 Å². The molecule has 0 unspecified atom stereocenters. The van der Waals surface area contributed by atoms with E-state index in [1.54, 1.807) is 14.0 Å². The first-order valence-electron chi connectivity index (χ1n) is 4.34. The summed E-state index contributed by atoms with van der Waals surface area (Å²) in [6.45, 7) is 2.38. The first-order chi connectivity index (χ1) is 6.57. The molecule has 0 atom stereocenters. The van der Waals surface area contributed by atoms with Crippen molar-refractivity contribution in [2.75, 3.05) is 13.7 Å². The van der Waals surface area contributed by atoms with E-state index in [1.807, 2.05) is 0 Å². The van der Waals surface area contributed by atoms with Crippen molar-refractivity contribution in [2.45, 2.75) is 13.5 Å². The molecular formula is C9H14N2O3. The van der Waals surface area contributed by atoms with Gasteiger partial charge in [-0.25, -0.2) is 4.79 Å². The van der Waals surface area contributed by atoms with E-state index >= 15 is 0 Å². The highest BCUT2D eigenvalue weighted by Gasteiger charge is 2.04. The Morgan fingerprint density at radius 3 is 2.64 bits per heavy atom. The summed E-state index contributed by atoms with van der Waals surface area (Å²) < 4.78 is 7.42. The quantitative estimate of drug-likeness (QED) is 0.658. The molecule has 0 aliphatic heterocycles. The second-order valence-corrected chi connectivity index (χ2v) is 3.11. The molecule has 1 aromatic rings. The van der Waals surface area contributed by atoms with E-state index < -0.39 is 0 Å². The molecule has 0 aliphatic rings. The fraction of sp³-hybridized carbons (Fsp3) is 0.556. The molecule has 0 aromatic carbocycles. The Labute approximate surface area is 81.6 Å². The fourth-order valence-corrected chi connectivity index (χ4v) is 1.17. The summed E-state index contributed by atoms with van der Waals surface area (Å²) in [5, 5.41) is 0. The molecule has 1 heterocycles. The summed E-state index contributed by atoms with van der Waals surface area (Å²) in [6, 6.07) is 1.44. The lowest BCUT2D eigenvalue weighted by atomic mass is 10.4. The molecule has 0 saturated heterocycles. The number of hydrogen-bond acceptors (Lipinski definition) is 3. The molecular weight excluding hydrogens is 184 g/mol. The summed E-state index contributed by atoms with van der Waals surface area (Å²) in [7, 11) is 3.17. The molecule has 1 rings (SSSR count). The number of ether oxygens (including phenoxy) is 1. The highest BCUT2D eigenvalue weighted by atomic mass is 16.5. The van der Waals surface area contributed by atoms with Gasteiger partial charge in [-0.15, -0.1) is 0 Å². The van der Waals surface area contributed by atoms with Crippen molar-refractivity contribution < 1.29 is 4.74 Å². The highest BCUT2D eigenvalue weighted by molar-refractivity contribution is 4.99. The SMILES string of the molecule is COCCn1c(=O)cc(C)n(C)c1=O. The van der Waals surface area contributed by atoms with Crippen LogP contribution < -0.4 is 11.2 Å². The average molecular weight is 198 g/mol. The molecule has 0 aliphatic carbocycles. The van der Waals surface area contributed by atoms with Gasteiger partial charge >= 0.3 is 5.69 Å². The lowest BCUT2D eigenvalue weighted by Crippen LogP contribution is -2.40. The van der Waals surface area contributed by atoms with Crippen molar-refractivity contribution >= 4 is 0 Å². The van der Waals surface area contributed by atoms with Crippen LogP contribution in [0.5, 0.6) is 0 Å². The van der Waals surface area contributed by atoms with Gasteiger partial charge in [0, 0.05) is 25.9 Å². The van der Waals surface area contributed by atoms with Gasteiger partial charge in [-0.2, -0.15) is 0 Å². The monoisotopic (exact) mass is 198 g/mol. The third-order valence-electron chi connectivity index (χ3n) is 2.16. The van der Waals surface area contributed by atoms with Crippen LogP contribution in [0.4, 0.5) is 0 Å². The van der Waals surface area contributed by atoms with E-state index in [4.69, 9.17) is 4.74 Å². The van der Waals surface area contributed by atoms with Crippen molar-refractivity contribution in [2.24, 2.45) is 7.05 Å². The van der Waals surface area contributed by atoms with Gasteiger partial charge < -0.3 is 9.30 Å². The topological polar surface area (TPSA) is 53.2 Å². The number of aryl methyl sites for hydroxylation is 1. The summed E-state index contributed by atoms with van der Waals surface area (Å²) >= 11 is 0. The zero-order valence-corrected chi connectivity index (χ0v) is 8.61. The van der Waals surface area contributed by atoms with Gasteiger partial charge in [-0.3, -0.25) is 9.36 Å². The van der Waals surface area contributed by atoms with Crippen LogP contribution in [0.2, 0.25) is 0 Å². The largest absolute Gasteiger partial charge is 0.383 e. The maximum Gasteiger partial charge on any atom is 0.330 e. The maximum atomic E-state index is 11.6. The summed E-state index contributed by atoms with van der Waals surface area (Å²) in [5.41, 5.74) is 0.0865. The van der Waals surface area contributed by atoms with Crippen molar-refractivity contribution in [3.8, 4) is 0 Å². The maximum absolute atomic E-state index is 11.6. The third-order valence-corrected chi connectivity index (χ3v) is 2.16. The minimum absolute atomic E-state index is 0.275. The fourth-order valence-electron chi connectivity index (χ4n) is 1.17. The van der Waals surface area contributed by atoms with Crippen LogP contribution in [-0.2, 0) is 18.3 Å². The molecule has 0 spiro atoms. The van der Waals surface area contributed by atoms with Gasteiger partial charge in [0.25, 0.3) is 5.56 Å². The van der Waals surface area contributed by atoms with Crippen molar-refractivity contribution in [3.63, 3.8) is 0 Å². The second kappa shape index (κ2) is 4.23. The van der Waals surface area contributed by atoms with Crippen molar-refractivity contribution in [3.05, 3.63) is 32.6 Å². The number of methoxy groups -OCH3 is 1. The molecule has 1 aromatic heterocycles. The van der Waals surface area contributed by atoms with E-state index in [0.717, 1.165) is 4.57 Å². The minimum Gasteiger partial charge on any atom is -0.383 e. The Hall–Kier alpha value is -1.36. The Morgan fingerprint density at radius 2 is 2.07 bits per heavy atom. The van der Waals surface area contributed by atoms with Crippen LogP contribution in [0.25, 0.3) is 0 Å². The van der Waals surface area contributed by atoms with Gasteiger partial charge in [0.1, 0.15) is 0 Å². The van der Waals surface area contributed by atoms with Gasteiger partial charge in [0.2, 0.25) is 0 Å². The number of hydrogen-bond donors (Lipinski definition) is 0. The Bertz CT molecular complexity index is 431. The predicted octanol–water partition coefficient (Wildman–Crippen LogP) is -0.498. The Balaban J connectivity index is 3.23. The summed E-state index contributed by atoms with van der Waals surface area (Å²) in [4.78, 5) is 23.0. The zero-order chi connectivity index (χ0) is 10.7. The van der Waals surface area contributed by atoms with Gasteiger partial charge in [0.05, 0.1) is 13.2 Å². The average Bonchev–Trinajstić information content (AvgIpc) is 2.14. The van der Waals surface area contributed by atoms with Gasteiger partial charge in [-0.05, 0) is 6.92 Å². The van der Waals surface area contributed by atoms with Crippen LogP contribution in [0, 0.1) is 6.92 Å². The molecule has 0 bridgehead atoms. The number of rotatable bonds is 3. The summed E-state index contributed by atoms with van der Waals surface area (Å²) in [5.74, 6) is 0. The van der Waals surface area contributed by atoms with E-state index in [1.165, 1.54) is 17.7 Å². The first-order valence-corrected chi connectivity index (χ1v) is 4.34. The van der Waals surface area contributed by atoms with Crippen LogP contribution >= 0.6 is 0 Å². The normalized spacial score (nSPS) is 10.5. The molecule has 0 saturated carbocycles. The molecule has 14 heavy (non-hydrogen) atoms. The molecule has 0 N–H and O–H groups in total. The van der Waals surface area contributed by atoms with Gasteiger partial charge in [-0.1, -0.05) is 0 Å². The zero-order valence-electron chi connectivity index (χ0n) is 8.61. The van der Waals surface area contributed by atoms with Crippen LogP contribution in [0.3, 0.4) is 0 Å². The van der Waals surface area contributed by atoms with E-state index in [-0.39, 0.29) is 11.2 Å². The molecule has 0 amide bonds. The van der Waals surface area contributed by atoms with Crippen LogP contribution in [0.15, 0.2) is 15.7 Å². The molecule has 0 radical (unpaired) electrons. The second-order valence-electron chi connectivity index (χ2n) is 3.11. The smallest absolute Gasteiger partial charge is 0.330 e. The van der Waals surface area contributed by atoms with E-state index in [0.29, 0.717) is 18.8 Å². The minimum atomic E-state index is -0.299. The molecule has 5 nitrogen and oxygen atoms in total. The summed E-state index contributed by atoms with van der Waals surface area (Å²) in [6.07, 6.45) is 0. The lowest BCUT2D eigenvalue weighted by Gasteiger charge is -2.08. The van der Waals surface area contributed by atoms with Crippen molar-refractivity contribution in [1.29, 1.82) is 0 Å². The first kappa shape index (κ1) is 10.7. The Kier molecular flexibility index (Phi) is 3.24. The molecule has 0 fully saturated rings. The lowest BCUT2D eigenvalue weighted by molar-refractivity contribution is 0.184. The number of nitrogens with zero attached hydrogens (tertiary/aromatic N) is 2. The van der Waals surface area contributed by atoms with E-state index in [2.05, 4.69) is 0 Å².